The number of carbonyl (C=O) groups is 3. The Bertz CT molecular complexity index is 1330. The highest BCUT2D eigenvalue weighted by Crippen LogP contribution is 2.18. The van der Waals surface area contributed by atoms with E-state index in [-0.39, 0.29) is 31.1 Å². The van der Waals surface area contributed by atoms with Gasteiger partial charge in [-0.05, 0) is 83.5 Å². The first kappa shape index (κ1) is 74.4. The molecule has 77 heavy (non-hydrogen) atoms. The zero-order chi connectivity index (χ0) is 55.7. The molecule has 450 valence electrons. The lowest BCUT2D eigenvalue weighted by Crippen LogP contribution is -2.30. The summed E-state index contributed by atoms with van der Waals surface area (Å²) in [5.41, 5.74) is 0. The van der Waals surface area contributed by atoms with Crippen LogP contribution in [0.2, 0.25) is 0 Å². The quantitative estimate of drug-likeness (QED) is 0.0261. The highest BCUT2D eigenvalue weighted by molar-refractivity contribution is 5.71. The predicted molar refractivity (Wildman–Crippen MR) is 335 cm³/mol. The van der Waals surface area contributed by atoms with E-state index in [1.807, 2.05) is 0 Å². The molecule has 6 nitrogen and oxygen atoms in total. The van der Waals surface area contributed by atoms with Crippen molar-refractivity contribution in [2.75, 3.05) is 13.2 Å². The minimum Gasteiger partial charge on any atom is -0.462 e. The average Bonchev–Trinajstić information content (AvgIpc) is 3.43. The lowest BCUT2D eigenvalue weighted by molar-refractivity contribution is -0.167. The Morgan fingerprint density at radius 2 is 0.468 bits per heavy atom. The van der Waals surface area contributed by atoms with Crippen molar-refractivity contribution in [2.45, 2.75) is 374 Å². The normalized spacial score (nSPS) is 12.3. The zero-order valence-corrected chi connectivity index (χ0v) is 51.7. The van der Waals surface area contributed by atoms with Gasteiger partial charge in [0.2, 0.25) is 0 Å². The second-order valence-electron chi connectivity index (χ2n) is 23.1. The molecular formula is C71H130O6. The van der Waals surface area contributed by atoms with E-state index in [2.05, 4.69) is 69.4 Å². The SMILES string of the molecule is CCCCCCC/C=C\C/C=C\C/C=C\CCCCCCCCCCC(=O)OC(COC(=O)CCCCCCCCC)COC(=O)CCCCCCCCCCCCCCCCCCC/C=C\CCCCCCCCCC. The van der Waals surface area contributed by atoms with Crippen LogP contribution in [0.4, 0.5) is 0 Å². The Labute approximate surface area is 479 Å². The smallest absolute Gasteiger partial charge is 0.306 e. The van der Waals surface area contributed by atoms with Crippen LogP contribution in [0, 0.1) is 0 Å². The summed E-state index contributed by atoms with van der Waals surface area (Å²) in [6, 6.07) is 0. The highest BCUT2D eigenvalue weighted by atomic mass is 16.6. The summed E-state index contributed by atoms with van der Waals surface area (Å²) < 4.78 is 16.9. The second kappa shape index (κ2) is 65.9. The Balaban J connectivity index is 4.06. The maximum Gasteiger partial charge on any atom is 0.306 e. The lowest BCUT2D eigenvalue weighted by Gasteiger charge is -2.18. The van der Waals surface area contributed by atoms with E-state index >= 15 is 0 Å². The Kier molecular flexibility index (Phi) is 63.6. The summed E-state index contributed by atoms with van der Waals surface area (Å²) in [7, 11) is 0. The van der Waals surface area contributed by atoms with Crippen LogP contribution in [0.3, 0.4) is 0 Å². The fourth-order valence-corrected chi connectivity index (χ4v) is 10.2. The number of hydrogen-bond donors (Lipinski definition) is 0. The van der Waals surface area contributed by atoms with Crippen molar-refractivity contribution in [3.05, 3.63) is 48.6 Å². The molecule has 0 aliphatic rings. The van der Waals surface area contributed by atoms with Crippen LogP contribution in [0.1, 0.15) is 367 Å². The van der Waals surface area contributed by atoms with Gasteiger partial charge in [0.25, 0.3) is 0 Å². The van der Waals surface area contributed by atoms with Crippen molar-refractivity contribution >= 4 is 17.9 Å². The molecule has 1 unspecified atom stereocenters. The van der Waals surface area contributed by atoms with Gasteiger partial charge >= 0.3 is 17.9 Å². The van der Waals surface area contributed by atoms with Crippen LogP contribution in [0.15, 0.2) is 48.6 Å². The number of rotatable bonds is 63. The Morgan fingerprint density at radius 1 is 0.260 bits per heavy atom. The Morgan fingerprint density at radius 3 is 0.740 bits per heavy atom. The number of hydrogen-bond acceptors (Lipinski definition) is 6. The second-order valence-corrected chi connectivity index (χ2v) is 23.1. The van der Waals surface area contributed by atoms with Crippen molar-refractivity contribution in [2.24, 2.45) is 0 Å². The molecular weight excluding hydrogens is 949 g/mol. The molecule has 6 heteroatoms. The highest BCUT2D eigenvalue weighted by Gasteiger charge is 2.19. The van der Waals surface area contributed by atoms with Gasteiger partial charge in [0.1, 0.15) is 13.2 Å². The molecule has 0 aromatic heterocycles. The third-order valence-corrected chi connectivity index (χ3v) is 15.3. The maximum absolute atomic E-state index is 12.9. The van der Waals surface area contributed by atoms with E-state index in [1.165, 1.54) is 250 Å². The number of ether oxygens (including phenoxy) is 3. The van der Waals surface area contributed by atoms with Gasteiger partial charge < -0.3 is 14.2 Å². The third kappa shape index (κ3) is 64.1. The van der Waals surface area contributed by atoms with Gasteiger partial charge in [-0.25, -0.2) is 0 Å². The number of allylic oxidation sites excluding steroid dienone is 8. The molecule has 0 N–H and O–H groups in total. The van der Waals surface area contributed by atoms with E-state index in [4.69, 9.17) is 14.2 Å². The fraction of sp³-hybridized carbons (Fsp3) is 0.845. The van der Waals surface area contributed by atoms with Gasteiger partial charge in [-0.3, -0.25) is 14.4 Å². The summed E-state index contributed by atoms with van der Waals surface area (Å²) >= 11 is 0. The van der Waals surface area contributed by atoms with Crippen LogP contribution in [-0.4, -0.2) is 37.2 Å². The predicted octanol–water partition coefficient (Wildman–Crippen LogP) is 23.3. The molecule has 0 saturated carbocycles. The van der Waals surface area contributed by atoms with E-state index in [0.29, 0.717) is 19.3 Å². The molecule has 0 aliphatic heterocycles. The van der Waals surface area contributed by atoms with Crippen LogP contribution in [0.5, 0.6) is 0 Å². The fourth-order valence-electron chi connectivity index (χ4n) is 10.2. The largest absolute Gasteiger partial charge is 0.462 e. The topological polar surface area (TPSA) is 78.9 Å². The summed E-state index contributed by atoms with van der Waals surface area (Å²) in [6.07, 6.45) is 83.1. The van der Waals surface area contributed by atoms with Crippen LogP contribution in [-0.2, 0) is 28.6 Å². The monoisotopic (exact) mass is 1080 g/mol. The number of esters is 3. The van der Waals surface area contributed by atoms with Gasteiger partial charge in [0.15, 0.2) is 6.10 Å². The van der Waals surface area contributed by atoms with Gasteiger partial charge in [0.05, 0.1) is 0 Å². The van der Waals surface area contributed by atoms with Crippen molar-refractivity contribution in [1.82, 2.24) is 0 Å². The summed E-state index contributed by atoms with van der Waals surface area (Å²) in [6.45, 7) is 6.63. The first-order valence-corrected chi connectivity index (χ1v) is 34.1. The molecule has 1 atom stereocenters. The van der Waals surface area contributed by atoms with E-state index in [9.17, 15) is 14.4 Å². The third-order valence-electron chi connectivity index (χ3n) is 15.3. The van der Waals surface area contributed by atoms with Crippen LogP contribution >= 0.6 is 0 Å². The van der Waals surface area contributed by atoms with Gasteiger partial charge in [0, 0.05) is 19.3 Å². The first-order valence-electron chi connectivity index (χ1n) is 34.1. The van der Waals surface area contributed by atoms with Crippen molar-refractivity contribution in [1.29, 1.82) is 0 Å². The lowest BCUT2D eigenvalue weighted by atomic mass is 10.0. The molecule has 0 saturated heterocycles. The minimum absolute atomic E-state index is 0.0723. The standard InChI is InChI=1S/C71H130O6/c1-4-7-10-13-16-18-20-22-24-26-28-30-32-33-34-35-36-37-39-40-42-44-46-48-50-52-55-58-61-64-70(73)76-67-68(66-75-69(72)63-60-57-54-15-12-9-6-3)77-71(74)65-62-59-56-53-51-49-47-45-43-41-38-31-29-27-25-23-21-19-17-14-11-8-5-2/h21,23,26-29,38,41,68H,4-20,22,24-25,30-37,39-40,42-67H2,1-3H3/b23-21-,28-26-,29-27-,41-38-. The molecule has 0 bridgehead atoms. The van der Waals surface area contributed by atoms with E-state index in [0.717, 1.165) is 77.0 Å². The molecule has 0 radical (unpaired) electrons. The molecule has 0 aliphatic carbocycles. The van der Waals surface area contributed by atoms with Crippen LogP contribution in [0.25, 0.3) is 0 Å². The molecule has 0 fully saturated rings. The number of unbranched alkanes of at least 4 members (excludes halogenated alkanes) is 44. The van der Waals surface area contributed by atoms with Crippen molar-refractivity contribution in [3.8, 4) is 0 Å². The average molecular weight is 1080 g/mol. The first-order chi connectivity index (χ1) is 38.0. The molecule has 0 rings (SSSR count). The summed E-state index contributed by atoms with van der Waals surface area (Å²) in [5.74, 6) is -0.866. The molecule has 0 aromatic rings. The van der Waals surface area contributed by atoms with Crippen LogP contribution < -0.4 is 0 Å². The maximum atomic E-state index is 12.9. The summed E-state index contributed by atoms with van der Waals surface area (Å²) in [5, 5.41) is 0. The van der Waals surface area contributed by atoms with Gasteiger partial charge in [-0.2, -0.15) is 0 Å². The minimum atomic E-state index is -0.774. The zero-order valence-electron chi connectivity index (χ0n) is 51.7. The number of carbonyl (C=O) groups excluding carboxylic acids is 3. The van der Waals surface area contributed by atoms with E-state index < -0.39 is 6.10 Å². The molecule has 0 heterocycles. The van der Waals surface area contributed by atoms with Crippen molar-refractivity contribution < 1.29 is 28.6 Å². The summed E-state index contributed by atoms with van der Waals surface area (Å²) in [4.78, 5) is 38.1. The van der Waals surface area contributed by atoms with Gasteiger partial charge in [-0.1, -0.05) is 313 Å². The molecule has 0 spiro atoms. The van der Waals surface area contributed by atoms with Crippen molar-refractivity contribution in [3.63, 3.8) is 0 Å². The van der Waals surface area contributed by atoms with Gasteiger partial charge in [-0.15, -0.1) is 0 Å². The molecule has 0 amide bonds. The molecule has 0 aromatic carbocycles. The van der Waals surface area contributed by atoms with E-state index in [1.54, 1.807) is 0 Å². The Hall–Kier alpha value is -2.63.